The molecule has 1 unspecified atom stereocenters. The molecule has 3 heterocycles. The third-order valence-electron chi connectivity index (χ3n) is 7.10. The number of nitrogens with zero attached hydrogens (tertiary/aromatic N) is 2. The molecule has 1 atom stereocenters. The highest BCUT2D eigenvalue weighted by atomic mass is 16.5. The van der Waals surface area contributed by atoms with Crippen LogP contribution in [-0.2, 0) is 19.1 Å². The Morgan fingerprint density at radius 2 is 1.82 bits per heavy atom. The van der Waals surface area contributed by atoms with Crippen molar-refractivity contribution in [1.29, 1.82) is 0 Å². The minimum absolute atomic E-state index is 0.00727. The maximum absolute atomic E-state index is 13.4. The molecule has 2 saturated heterocycles. The summed E-state index contributed by atoms with van der Waals surface area (Å²) in [5, 5.41) is 11.5. The molecule has 10 heteroatoms. The van der Waals surface area contributed by atoms with E-state index in [1.165, 1.54) is 4.90 Å². The van der Waals surface area contributed by atoms with E-state index in [0.717, 1.165) is 19.6 Å². The van der Waals surface area contributed by atoms with Gasteiger partial charge in [-0.3, -0.25) is 14.5 Å². The van der Waals surface area contributed by atoms with E-state index in [1.807, 2.05) is 0 Å². The van der Waals surface area contributed by atoms with Crippen LogP contribution in [0, 0.1) is 13.8 Å². The number of nitrogens with one attached hydrogen (secondary N) is 1. The zero-order valence-corrected chi connectivity index (χ0v) is 22.3. The van der Waals surface area contributed by atoms with Crippen LogP contribution in [0.2, 0.25) is 0 Å². The van der Waals surface area contributed by atoms with Crippen LogP contribution in [0.4, 0.5) is 0 Å². The number of amides is 1. The maximum atomic E-state index is 13.4. The molecule has 2 aliphatic rings. The van der Waals surface area contributed by atoms with E-state index in [0.29, 0.717) is 54.3 Å². The van der Waals surface area contributed by atoms with Gasteiger partial charge in [0.2, 0.25) is 0 Å². The highest BCUT2D eigenvalue weighted by Gasteiger charge is 2.46. The van der Waals surface area contributed by atoms with Crippen molar-refractivity contribution in [2.24, 2.45) is 0 Å². The van der Waals surface area contributed by atoms with Gasteiger partial charge in [0.05, 0.1) is 38.5 Å². The number of ether oxygens (including phenoxy) is 3. The van der Waals surface area contributed by atoms with Gasteiger partial charge >= 0.3 is 5.97 Å². The molecule has 0 aliphatic carbocycles. The molecule has 0 bridgehead atoms. The summed E-state index contributed by atoms with van der Waals surface area (Å²) in [4.78, 5) is 45.9. The number of ketones is 1. The van der Waals surface area contributed by atoms with E-state index >= 15 is 0 Å². The Labute approximate surface area is 222 Å². The van der Waals surface area contributed by atoms with E-state index in [1.54, 1.807) is 52.1 Å². The number of likely N-dealkylation sites (tertiary alicyclic amines) is 1. The van der Waals surface area contributed by atoms with E-state index in [2.05, 4.69) is 9.88 Å². The van der Waals surface area contributed by atoms with E-state index in [9.17, 15) is 19.5 Å². The molecular formula is C28H35N3O7. The van der Waals surface area contributed by atoms with Gasteiger partial charge in [-0.05, 0) is 50.5 Å². The smallest absolute Gasteiger partial charge is 0.355 e. The van der Waals surface area contributed by atoms with Gasteiger partial charge < -0.3 is 29.2 Å². The molecule has 2 N–H and O–H groups in total. The minimum atomic E-state index is -0.787. The molecule has 4 rings (SSSR count). The fourth-order valence-corrected chi connectivity index (χ4v) is 5.18. The number of aryl methyl sites for hydroxylation is 1. The second kappa shape index (κ2) is 11.8. The number of aliphatic hydroxyl groups excluding tert-OH is 1. The summed E-state index contributed by atoms with van der Waals surface area (Å²) < 4.78 is 15.8. The molecule has 0 radical (unpaired) electrons. The zero-order chi connectivity index (χ0) is 27.4. The summed E-state index contributed by atoms with van der Waals surface area (Å²) in [6, 6.07) is 6.31. The molecule has 2 aliphatic heterocycles. The van der Waals surface area contributed by atoms with Crippen molar-refractivity contribution in [2.45, 2.75) is 33.2 Å². The number of carbonyl (C=O) groups excluding carboxylic acids is 3. The lowest BCUT2D eigenvalue weighted by Gasteiger charge is -2.29. The van der Waals surface area contributed by atoms with Crippen LogP contribution in [0.25, 0.3) is 5.76 Å². The lowest BCUT2D eigenvalue weighted by atomic mass is 9.94. The first-order valence-electron chi connectivity index (χ1n) is 12.9. The van der Waals surface area contributed by atoms with Crippen molar-refractivity contribution in [3.8, 4) is 5.75 Å². The number of carbonyl (C=O) groups is 3. The Morgan fingerprint density at radius 3 is 2.45 bits per heavy atom. The van der Waals surface area contributed by atoms with Crippen molar-refractivity contribution in [2.75, 3.05) is 53.1 Å². The number of aromatic nitrogens is 1. The first kappa shape index (κ1) is 27.4. The van der Waals surface area contributed by atoms with Crippen LogP contribution < -0.4 is 4.74 Å². The van der Waals surface area contributed by atoms with Crippen LogP contribution in [0.1, 0.15) is 52.3 Å². The number of rotatable bonds is 9. The van der Waals surface area contributed by atoms with Crippen molar-refractivity contribution >= 4 is 23.4 Å². The molecule has 1 aromatic carbocycles. The van der Waals surface area contributed by atoms with Gasteiger partial charge in [-0.15, -0.1) is 0 Å². The number of Topliss-reactive ketones (excluding diaryl/α,β-unsaturated/α-hetero) is 1. The van der Waals surface area contributed by atoms with Crippen LogP contribution in [0.5, 0.6) is 5.75 Å². The number of esters is 1. The molecule has 10 nitrogen and oxygen atoms in total. The predicted molar refractivity (Wildman–Crippen MR) is 140 cm³/mol. The molecule has 2 aromatic rings. The second-order valence-corrected chi connectivity index (χ2v) is 9.42. The van der Waals surface area contributed by atoms with Gasteiger partial charge in [-0.1, -0.05) is 12.1 Å². The topological polar surface area (TPSA) is 121 Å². The molecule has 1 amide bonds. The number of H-pyrrole nitrogens is 1. The largest absolute Gasteiger partial charge is 0.507 e. The Morgan fingerprint density at radius 1 is 1.13 bits per heavy atom. The first-order chi connectivity index (χ1) is 18.3. The predicted octanol–water partition coefficient (Wildman–Crippen LogP) is 2.96. The summed E-state index contributed by atoms with van der Waals surface area (Å²) in [5.41, 5.74) is 2.13. The Balaban J connectivity index is 1.73. The summed E-state index contributed by atoms with van der Waals surface area (Å²) in [6.07, 6.45) is 0.662. The van der Waals surface area contributed by atoms with Crippen LogP contribution >= 0.6 is 0 Å². The zero-order valence-electron chi connectivity index (χ0n) is 22.3. The standard InChI is InChI=1S/C28H35N3O7/c1-5-38-28(35)23-17(2)21(18(3)29-23)25(32)22-24(19-7-9-20(36-4)10-8-19)31(27(34)26(22)33)12-6-11-30-13-15-37-16-14-30/h7-10,24,29,32H,5-6,11-16H2,1-4H3. The number of methoxy groups -OCH3 is 1. The van der Waals surface area contributed by atoms with E-state index in [-0.39, 0.29) is 23.6 Å². The molecular weight excluding hydrogens is 490 g/mol. The Hall–Kier alpha value is -3.63. The summed E-state index contributed by atoms with van der Waals surface area (Å²) in [6.45, 7) is 9.40. The van der Waals surface area contributed by atoms with Crippen molar-refractivity contribution in [1.82, 2.24) is 14.8 Å². The molecule has 1 aromatic heterocycles. The summed E-state index contributed by atoms with van der Waals surface area (Å²) >= 11 is 0. The monoisotopic (exact) mass is 525 g/mol. The lowest BCUT2D eigenvalue weighted by molar-refractivity contribution is -0.140. The number of morpholine rings is 1. The number of hydrogen-bond donors (Lipinski definition) is 2. The minimum Gasteiger partial charge on any atom is -0.507 e. The quantitative estimate of drug-likeness (QED) is 0.222. The average molecular weight is 526 g/mol. The van der Waals surface area contributed by atoms with Gasteiger partial charge in [0, 0.05) is 37.4 Å². The Kier molecular flexibility index (Phi) is 8.53. The number of hydrogen-bond acceptors (Lipinski definition) is 8. The highest BCUT2D eigenvalue weighted by Crippen LogP contribution is 2.41. The van der Waals surface area contributed by atoms with Gasteiger partial charge in [-0.25, -0.2) is 4.79 Å². The lowest BCUT2D eigenvalue weighted by Crippen LogP contribution is -2.38. The SMILES string of the molecule is CCOC(=O)c1[nH]c(C)c(C(O)=C2C(=O)C(=O)N(CCCN3CCOCC3)C2c2ccc(OC)cc2)c1C. The van der Waals surface area contributed by atoms with Gasteiger partial charge in [0.25, 0.3) is 11.7 Å². The van der Waals surface area contributed by atoms with Gasteiger partial charge in [0.15, 0.2) is 0 Å². The second-order valence-electron chi connectivity index (χ2n) is 9.42. The number of benzene rings is 1. The average Bonchev–Trinajstić information content (AvgIpc) is 3.36. The number of aliphatic hydroxyl groups is 1. The van der Waals surface area contributed by atoms with Crippen LogP contribution in [0.15, 0.2) is 29.8 Å². The molecule has 204 valence electrons. The van der Waals surface area contributed by atoms with Crippen LogP contribution in [-0.4, -0.2) is 90.7 Å². The third-order valence-corrected chi connectivity index (χ3v) is 7.10. The Bertz CT molecular complexity index is 1230. The van der Waals surface area contributed by atoms with Crippen molar-refractivity contribution < 1.29 is 33.7 Å². The summed E-state index contributed by atoms with van der Waals surface area (Å²) in [7, 11) is 1.56. The van der Waals surface area contributed by atoms with E-state index < -0.39 is 23.7 Å². The van der Waals surface area contributed by atoms with Gasteiger partial charge in [0.1, 0.15) is 17.2 Å². The normalized spacial score (nSPS) is 19.7. The maximum Gasteiger partial charge on any atom is 0.355 e. The van der Waals surface area contributed by atoms with E-state index in [4.69, 9.17) is 14.2 Å². The molecule has 0 spiro atoms. The fourth-order valence-electron chi connectivity index (χ4n) is 5.18. The number of aromatic amines is 1. The van der Waals surface area contributed by atoms with Crippen LogP contribution in [0.3, 0.4) is 0 Å². The fraction of sp³-hybridized carbons (Fsp3) is 0.464. The molecule has 38 heavy (non-hydrogen) atoms. The highest BCUT2D eigenvalue weighted by molar-refractivity contribution is 6.46. The third kappa shape index (κ3) is 5.32. The summed E-state index contributed by atoms with van der Waals surface area (Å²) in [5.74, 6) is -1.66. The molecule has 2 fully saturated rings. The first-order valence-corrected chi connectivity index (χ1v) is 12.9. The van der Waals surface area contributed by atoms with Crippen molar-refractivity contribution in [3.05, 3.63) is 57.9 Å². The van der Waals surface area contributed by atoms with Gasteiger partial charge in [-0.2, -0.15) is 0 Å². The van der Waals surface area contributed by atoms with Crippen molar-refractivity contribution in [3.63, 3.8) is 0 Å². The molecule has 0 saturated carbocycles.